The van der Waals surface area contributed by atoms with Gasteiger partial charge in [-0.1, -0.05) is 39.0 Å². The average Bonchev–Trinajstić information content (AvgIpc) is 2.98. The molecule has 3 aromatic carbocycles. The molecule has 1 heterocycles. The van der Waals surface area contributed by atoms with Gasteiger partial charge in [0.2, 0.25) is 0 Å². The summed E-state index contributed by atoms with van der Waals surface area (Å²) in [6.07, 6.45) is -2.34. The Morgan fingerprint density at radius 3 is 1.75 bits per heavy atom. The first-order valence-corrected chi connectivity index (χ1v) is 16.9. The highest BCUT2D eigenvalue weighted by atomic mass is 32.2. The molecule has 0 aromatic heterocycles. The number of hydrogen-bond donors (Lipinski definition) is 0. The summed E-state index contributed by atoms with van der Waals surface area (Å²) in [6.45, 7) is 3.68. The van der Waals surface area contributed by atoms with Crippen LogP contribution in [0.25, 0.3) is 0 Å². The molecule has 16 heteroatoms. The first-order chi connectivity index (χ1) is 21.8. The number of halogens is 8. The van der Waals surface area contributed by atoms with Gasteiger partial charge >= 0.3 is 23.0 Å². The van der Waals surface area contributed by atoms with E-state index in [-0.39, 0.29) is 16.7 Å². The fourth-order valence-electron chi connectivity index (χ4n) is 4.66. The summed E-state index contributed by atoms with van der Waals surface area (Å²) in [5.74, 6) is -18.6. The van der Waals surface area contributed by atoms with Crippen LogP contribution in [-0.4, -0.2) is 55.3 Å². The zero-order valence-electron chi connectivity index (χ0n) is 26.2. The zero-order chi connectivity index (χ0) is 36.1. The molecule has 1 aliphatic heterocycles. The second kappa shape index (κ2) is 12.8. The molecule has 6 nitrogen and oxygen atoms in total. The van der Waals surface area contributed by atoms with Crippen molar-refractivity contribution in [2.24, 2.45) is 0 Å². The topological polar surface area (TPSA) is 84.9 Å². The van der Waals surface area contributed by atoms with E-state index in [0.29, 0.717) is 14.7 Å². The number of rotatable bonds is 8. The van der Waals surface area contributed by atoms with E-state index in [1.54, 1.807) is 6.07 Å². The molecule has 4 rings (SSSR count). The fourth-order valence-corrected chi connectivity index (χ4v) is 7.19. The summed E-state index contributed by atoms with van der Waals surface area (Å²) in [4.78, 5) is 1.73. The van der Waals surface area contributed by atoms with Gasteiger partial charge < -0.3 is 18.8 Å². The van der Waals surface area contributed by atoms with Crippen molar-refractivity contribution in [1.29, 1.82) is 0 Å². The van der Waals surface area contributed by atoms with Gasteiger partial charge in [-0.15, -0.1) is 0 Å². The summed E-state index contributed by atoms with van der Waals surface area (Å²) in [7, 11) is -7.09. The Hall–Kier alpha value is -2.92. The highest BCUT2D eigenvalue weighted by Crippen LogP contribution is 2.49. The molecule has 0 amide bonds. The Morgan fingerprint density at radius 1 is 0.812 bits per heavy atom. The Bertz CT molecular complexity index is 1690. The van der Waals surface area contributed by atoms with Gasteiger partial charge in [0.1, 0.15) is 19.0 Å². The molecule has 0 bridgehead atoms. The lowest BCUT2D eigenvalue weighted by molar-refractivity contribution is -0.387. The predicted octanol–water partition coefficient (Wildman–Crippen LogP) is 8.11. The third-order valence-corrected chi connectivity index (χ3v) is 10.9. The average molecular weight is 729 g/mol. The van der Waals surface area contributed by atoms with Crippen molar-refractivity contribution >= 4 is 21.0 Å². The van der Waals surface area contributed by atoms with Crippen molar-refractivity contribution in [1.82, 2.24) is 0 Å². The highest BCUT2D eigenvalue weighted by molar-refractivity contribution is 7.97. The van der Waals surface area contributed by atoms with Crippen molar-refractivity contribution in [2.45, 2.75) is 89.6 Å². The van der Waals surface area contributed by atoms with Crippen molar-refractivity contribution in [3.8, 4) is 5.75 Å². The lowest BCUT2D eigenvalue weighted by Gasteiger charge is -2.40. The van der Waals surface area contributed by atoms with E-state index in [2.05, 4.69) is 0 Å². The minimum absolute atomic E-state index is 0.0401. The maximum absolute atomic E-state index is 14.2. The van der Waals surface area contributed by atoms with E-state index in [4.69, 9.17) is 14.2 Å². The van der Waals surface area contributed by atoms with Gasteiger partial charge in [0.15, 0.2) is 36.7 Å². The minimum atomic E-state index is -6.04. The summed E-state index contributed by atoms with van der Waals surface area (Å²) >= 11 is 0. The summed E-state index contributed by atoms with van der Waals surface area (Å²) in [5, 5.41) is -4.73. The van der Waals surface area contributed by atoms with Gasteiger partial charge in [-0.25, -0.2) is 8.42 Å². The molecule has 1 aliphatic rings. The molecular weight excluding hydrogens is 696 g/mol. The van der Waals surface area contributed by atoms with Gasteiger partial charge in [-0.2, -0.15) is 35.1 Å². The molecular formula is C32H32F8O6S2. The van der Waals surface area contributed by atoms with Crippen LogP contribution in [0.4, 0.5) is 35.1 Å². The van der Waals surface area contributed by atoms with Gasteiger partial charge in [-0.3, -0.25) is 0 Å². The van der Waals surface area contributed by atoms with Crippen molar-refractivity contribution in [2.75, 3.05) is 13.2 Å². The standard InChI is InChI=1S/C32H32F8O6S2/c1-20(31(37,38)48(41,42)43)46-23-7-6-8-26(17-23)47(24-13-9-21(10-14-24)27(2,3)4)25-15-11-22(12-16-25)28(5)44-18-29(33,34)32(39,40)30(35,36)19-45-28/h6-17,20H,18-19H2,1-5H3. The molecule has 2 atom stereocenters. The number of hydrogen-bond acceptors (Lipinski definition) is 6. The quantitative estimate of drug-likeness (QED) is 0.132. The predicted molar refractivity (Wildman–Crippen MR) is 159 cm³/mol. The smallest absolute Gasteiger partial charge is 0.376 e. The maximum Gasteiger partial charge on any atom is 0.376 e. The van der Waals surface area contributed by atoms with Crippen LogP contribution in [0.15, 0.2) is 87.5 Å². The lowest BCUT2D eigenvalue weighted by Crippen LogP contribution is -2.61. The maximum atomic E-state index is 14.2. The normalized spacial score (nSPS) is 20.6. The second-order valence-electron chi connectivity index (χ2n) is 12.4. The lowest BCUT2D eigenvalue weighted by atomic mass is 9.87. The minimum Gasteiger partial charge on any atom is -0.743 e. The molecule has 48 heavy (non-hydrogen) atoms. The van der Waals surface area contributed by atoms with Crippen LogP contribution in [0, 0.1) is 0 Å². The summed E-state index contributed by atoms with van der Waals surface area (Å²) in [6, 6.07) is 18.9. The molecule has 0 spiro atoms. The molecule has 3 aromatic rings. The van der Waals surface area contributed by atoms with Crippen molar-refractivity contribution in [3.63, 3.8) is 0 Å². The van der Waals surface area contributed by atoms with E-state index >= 15 is 0 Å². The SMILES string of the molecule is CC(Oc1cccc([S+](c2ccc(C(C)(C)C)cc2)c2ccc(C3(C)OCC(F)(F)C(F)(F)C(F)(F)CO3)cc2)c1)C(F)(F)S(=O)(=O)[O-]. The van der Waals surface area contributed by atoms with Gasteiger partial charge in [0, 0.05) is 11.6 Å². The van der Waals surface area contributed by atoms with Crippen molar-refractivity contribution in [3.05, 3.63) is 83.9 Å². The van der Waals surface area contributed by atoms with Crippen LogP contribution in [-0.2, 0) is 41.7 Å². The van der Waals surface area contributed by atoms with Crippen LogP contribution >= 0.6 is 0 Å². The number of benzene rings is 3. The molecule has 0 radical (unpaired) electrons. The molecule has 0 saturated carbocycles. The van der Waals surface area contributed by atoms with Crippen LogP contribution < -0.4 is 4.74 Å². The van der Waals surface area contributed by atoms with Crippen LogP contribution in [0.1, 0.15) is 45.7 Å². The van der Waals surface area contributed by atoms with Gasteiger partial charge in [-0.05, 0) is 73.4 Å². The summed E-state index contributed by atoms with van der Waals surface area (Å²) in [5.41, 5.74) is 0.741. The van der Waals surface area contributed by atoms with Gasteiger partial charge in [0.25, 0.3) is 0 Å². The number of alkyl halides is 8. The molecule has 0 N–H and O–H groups in total. The van der Waals surface area contributed by atoms with Crippen LogP contribution in [0.5, 0.6) is 5.75 Å². The van der Waals surface area contributed by atoms with Crippen molar-refractivity contribution < 1.29 is 62.3 Å². The Kier molecular flexibility index (Phi) is 10.1. The molecule has 1 fully saturated rings. The third-order valence-electron chi connectivity index (χ3n) is 7.71. The first kappa shape index (κ1) is 37.9. The largest absolute Gasteiger partial charge is 0.743 e. The third kappa shape index (κ3) is 7.32. The Morgan fingerprint density at radius 2 is 1.29 bits per heavy atom. The number of ether oxygens (including phenoxy) is 3. The Labute approximate surface area is 275 Å². The molecule has 1 saturated heterocycles. The monoisotopic (exact) mass is 728 g/mol. The fraction of sp³-hybridized carbons (Fsp3) is 0.438. The van der Waals surface area contributed by atoms with Crippen LogP contribution in [0.2, 0.25) is 0 Å². The highest BCUT2D eigenvalue weighted by Gasteiger charge is 2.73. The van der Waals surface area contributed by atoms with E-state index in [0.717, 1.165) is 19.4 Å². The zero-order valence-corrected chi connectivity index (χ0v) is 27.8. The molecule has 2 unspecified atom stereocenters. The van der Waals surface area contributed by atoms with E-state index in [1.165, 1.54) is 42.5 Å². The molecule has 0 aliphatic carbocycles. The van der Waals surface area contributed by atoms with E-state index in [9.17, 15) is 48.1 Å². The summed E-state index contributed by atoms with van der Waals surface area (Å²) < 4.78 is 161. The van der Waals surface area contributed by atoms with E-state index < -0.39 is 69.1 Å². The molecule has 264 valence electrons. The Balaban J connectivity index is 1.74. The first-order valence-electron chi connectivity index (χ1n) is 14.3. The van der Waals surface area contributed by atoms with Gasteiger partial charge in [0.05, 0.1) is 10.9 Å². The van der Waals surface area contributed by atoms with Crippen LogP contribution in [0.3, 0.4) is 0 Å². The second-order valence-corrected chi connectivity index (χ2v) is 15.8. The van der Waals surface area contributed by atoms with E-state index in [1.807, 2.05) is 45.0 Å².